The molecule has 0 radical (unpaired) electrons. The Morgan fingerprint density at radius 2 is 2.42 bits per heavy atom. The molecule has 1 fully saturated rings. The van der Waals surface area contributed by atoms with Crippen molar-refractivity contribution in [2.75, 3.05) is 6.54 Å². The first-order valence-electron chi connectivity index (χ1n) is 6.46. The van der Waals surface area contributed by atoms with Crippen molar-refractivity contribution in [2.24, 2.45) is 0 Å². The number of aryl methyl sites for hydroxylation is 1. The highest BCUT2D eigenvalue weighted by molar-refractivity contribution is 5.58. The van der Waals surface area contributed by atoms with Gasteiger partial charge in [-0.25, -0.2) is 0 Å². The molecule has 0 saturated carbocycles. The number of hydrogen-bond donors (Lipinski definition) is 2. The van der Waals surface area contributed by atoms with Crippen LogP contribution in [-0.4, -0.2) is 32.9 Å². The van der Waals surface area contributed by atoms with Crippen LogP contribution in [0, 0.1) is 0 Å². The normalized spacial score (nSPS) is 22.8. The molecule has 0 aliphatic carbocycles. The van der Waals surface area contributed by atoms with Gasteiger partial charge >= 0.3 is 0 Å². The first-order chi connectivity index (χ1) is 9.28. The lowest BCUT2D eigenvalue weighted by atomic mass is 10.1. The lowest BCUT2D eigenvalue weighted by molar-refractivity contribution is 0.191. The summed E-state index contributed by atoms with van der Waals surface area (Å²) in [6, 6.07) is 1.84. The topological polar surface area (TPSA) is 84.1 Å². The maximum atomic E-state index is 9.51. The Kier molecular flexibility index (Phi) is 3.27. The third kappa shape index (κ3) is 2.36. The SMILES string of the molecule is CCc1cnccc1-c1noc([C@@H]2C[C@H](O)CN2)n1. The number of aliphatic hydroxyl groups excluding tert-OH is 1. The number of nitrogens with one attached hydrogen (secondary N) is 1. The van der Waals surface area contributed by atoms with Crippen molar-refractivity contribution in [1.82, 2.24) is 20.4 Å². The largest absolute Gasteiger partial charge is 0.392 e. The fourth-order valence-electron chi connectivity index (χ4n) is 2.32. The van der Waals surface area contributed by atoms with Gasteiger partial charge in [0.25, 0.3) is 0 Å². The highest BCUT2D eigenvalue weighted by Gasteiger charge is 2.28. The van der Waals surface area contributed by atoms with Crippen LogP contribution in [0.15, 0.2) is 23.0 Å². The molecule has 3 rings (SSSR count). The van der Waals surface area contributed by atoms with Crippen LogP contribution in [0.4, 0.5) is 0 Å². The van der Waals surface area contributed by atoms with E-state index < -0.39 is 0 Å². The summed E-state index contributed by atoms with van der Waals surface area (Å²) in [5.41, 5.74) is 2.04. The van der Waals surface area contributed by atoms with Crippen molar-refractivity contribution in [3.8, 4) is 11.4 Å². The molecule has 0 aromatic carbocycles. The number of β-amino-alcohol motifs (C(OH)–C–C–N with tert-alkyl or cyclic N) is 1. The third-order valence-electron chi connectivity index (χ3n) is 3.37. The van der Waals surface area contributed by atoms with Crippen LogP contribution in [0.2, 0.25) is 0 Å². The van der Waals surface area contributed by atoms with E-state index in [9.17, 15) is 5.11 Å². The summed E-state index contributed by atoms with van der Waals surface area (Å²) in [4.78, 5) is 8.53. The Hall–Kier alpha value is -1.79. The molecule has 0 spiro atoms. The molecule has 19 heavy (non-hydrogen) atoms. The second kappa shape index (κ2) is 5.07. The van der Waals surface area contributed by atoms with Gasteiger partial charge in [0.05, 0.1) is 12.1 Å². The molecule has 2 aromatic heterocycles. The molecule has 100 valence electrons. The van der Waals surface area contributed by atoms with Gasteiger partial charge in [-0.1, -0.05) is 12.1 Å². The fourth-order valence-corrected chi connectivity index (χ4v) is 2.32. The summed E-state index contributed by atoms with van der Waals surface area (Å²) >= 11 is 0. The minimum Gasteiger partial charge on any atom is -0.392 e. The van der Waals surface area contributed by atoms with Gasteiger partial charge in [0.2, 0.25) is 11.7 Å². The standard InChI is InChI=1S/C13H16N4O2/c1-2-8-6-14-4-3-10(8)12-16-13(19-17-12)11-5-9(18)7-15-11/h3-4,6,9,11,15,18H,2,5,7H2,1H3/t9-,11-/m0/s1. The van der Waals surface area contributed by atoms with Crippen LogP contribution in [0.3, 0.4) is 0 Å². The average molecular weight is 260 g/mol. The first-order valence-corrected chi connectivity index (χ1v) is 6.46. The summed E-state index contributed by atoms with van der Waals surface area (Å²) in [5, 5.41) is 16.7. The molecule has 2 atom stereocenters. The Morgan fingerprint density at radius 3 is 3.16 bits per heavy atom. The zero-order chi connectivity index (χ0) is 13.2. The molecule has 6 heteroatoms. The molecule has 1 saturated heterocycles. The molecule has 0 amide bonds. The maximum Gasteiger partial charge on any atom is 0.244 e. The summed E-state index contributed by atoms with van der Waals surface area (Å²) < 4.78 is 5.30. The summed E-state index contributed by atoms with van der Waals surface area (Å²) in [5.74, 6) is 1.11. The van der Waals surface area contributed by atoms with Crippen molar-refractivity contribution in [1.29, 1.82) is 0 Å². The van der Waals surface area contributed by atoms with Crippen LogP contribution in [0.25, 0.3) is 11.4 Å². The van der Waals surface area contributed by atoms with Gasteiger partial charge in [0, 0.05) is 24.5 Å². The van der Waals surface area contributed by atoms with E-state index in [1.165, 1.54) is 0 Å². The number of rotatable bonds is 3. The molecule has 2 aromatic rings. The van der Waals surface area contributed by atoms with Crippen molar-refractivity contribution in [3.05, 3.63) is 29.9 Å². The van der Waals surface area contributed by atoms with Crippen LogP contribution in [0.1, 0.15) is 30.8 Å². The Morgan fingerprint density at radius 1 is 1.53 bits per heavy atom. The summed E-state index contributed by atoms with van der Waals surface area (Å²) in [6.45, 7) is 2.63. The monoisotopic (exact) mass is 260 g/mol. The molecular weight excluding hydrogens is 244 g/mol. The van der Waals surface area contributed by atoms with E-state index in [1.54, 1.807) is 6.20 Å². The fraction of sp³-hybridized carbons (Fsp3) is 0.462. The van der Waals surface area contributed by atoms with E-state index in [-0.39, 0.29) is 12.1 Å². The summed E-state index contributed by atoms with van der Waals surface area (Å²) in [7, 11) is 0. The molecule has 0 bridgehead atoms. The maximum absolute atomic E-state index is 9.51. The Labute approximate surface area is 110 Å². The van der Waals surface area contributed by atoms with Crippen molar-refractivity contribution >= 4 is 0 Å². The Balaban J connectivity index is 1.88. The van der Waals surface area contributed by atoms with E-state index in [0.717, 1.165) is 17.5 Å². The smallest absolute Gasteiger partial charge is 0.244 e. The Bertz CT molecular complexity index is 569. The molecule has 2 N–H and O–H groups in total. The molecular formula is C13H16N4O2. The van der Waals surface area contributed by atoms with Crippen molar-refractivity contribution < 1.29 is 9.63 Å². The first kappa shape index (κ1) is 12.3. The van der Waals surface area contributed by atoms with Gasteiger partial charge in [-0.15, -0.1) is 0 Å². The quantitative estimate of drug-likeness (QED) is 0.859. The number of aromatic nitrogens is 3. The van der Waals surface area contributed by atoms with Crippen LogP contribution in [0.5, 0.6) is 0 Å². The van der Waals surface area contributed by atoms with E-state index >= 15 is 0 Å². The van der Waals surface area contributed by atoms with Gasteiger partial charge in [-0.2, -0.15) is 4.98 Å². The lowest BCUT2D eigenvalue weighted by Crippen LogP contribution is -2.15. The van der Waals surface area contributed by atoms with E-state index in [0.29, 0.717) is 24.7 Å². The number of aliphatic hydroxyl groups is 1. The van der Waals surface area contributed by atoms with Crippen LogP contribution in [-0.2, 0) is 6.42 Å². The van der Waals surface area contributed by atoms with Crippen molar-refractivity contribution in [2.45, 2.75) is 31.9 Å². The van der Waals surface area contributed by atoms with Crippen LogP contribution >= 0.6 is 0 Å². The minimum absolute atomic E-state index is 0.0526. The predicted octanol–water partition coefficient (Wildman–Crippen LogP) is 1.09. The van der Waals surface area contributed by atoms with Crippen LogP contribution < -0.4 is 5.32 Å². The molecule has 3 heterocycles. The highest BCUT2D eigenvalue weighted by atomic mass is 16.5. The van der Waals surface area contributed by atoms with Crippen molar-refractivity contribution in [3.63, 3.8) is 0 Å². The van der Waals surface area contributed by atoms with Gasteiger partial charge in [0.1, 0.15) is 0 Å². The van der Waals surface area contributed by atoms with E-state index in [2.05, 4.69) is 27.4 Å². The average Bonchev–Trinajstić information content (AvgIpc) is 3.07. The summed E-state index contributed by atoms with van der Waals surface area (Å²) in [6.07, 6.45) is 4.68. The van der Waals surface area contributed by atoms with Gasteiger partial charge in [-0.05, 0) is 24.5 Å². The predicted molar refractivity (Wildman–Crippen MR) is 68.3 cm³/mol. The lowest BCUT2D eigenvalue weighted by Gasteiger charge is -2.02. The second-order valence-corrected chi connectivity index (χ2v) is 4.69. The number of nitrogens with zero attached hydrogens (tertiary/aromatic N) is 3. The molecule has 0 unspecified atom stereocenters. The number of hydrogen-bond acceptors (Lipinski definition) is 6. The highest BCUT2D eigenvalue weighted by Crippen LogP contribution is 2.26. The zero-order valence-electron chi connectivity index (χ0n) is 10.7. The van der Waals surface area contributed by atoms with Gasteiger partial charge in [-0.3, -0.25) is 4.98 Å². The third-order valence-corrected chi connectivity index (χ3v) is 3.37. The van der Waals surface area contributed by atoms with E-state index in [1.807, 2.05) is 12.3 Å². The van der Waals surface area contributed by atoms with E-state index in [4.69, 9.17) is 4.52 Å². The van der Waals surface area contributed by atoms with Gasteiger partial charge < -0.3 is 14.9 Å². The molecule has 1 aliphatic rings. The number of pyridine rings is 1. The zero-order valence-corrected chi connectivity index (χ0v) is 10.7. The minimum atomic E-state index is -0.340. The molecule has 6 nitrogen and oxygen atoms in total. The second-order valence-electron chi connectivity index (χ2n) is 4.69. The molecule has 1 aliphatic heterocycles. The van der Waals surface area contributed by atoms with Gasteiger partial charge in [0.15, 0.2) is 0 Å².